The molecule has 0 aliphatic rings. The van der Waals surface area contributed by atoms with E-state index >= 15 is 0 Å². The zero-order valence-electron chi connectivity index (χ0n) is 12.5. The standard InChI is InChI=1S/C13H20FN3O3S.ClH/c1-10(9-15)17(2)13(18)7-8-16-21(19,20)12-5-3-11(14)4-6-12;/h3-6,10,16H,7-9,15H2,1-2H3;1H. The molecule has 22 heavy (non-hydrogen) atoms. The van der Waals surface area contributed by atoms with Gasteiger partial charge in [0.2, 0.25) is 15.9 Å². The van der Waals surface area contributed by atoms with Crippen LogP contribution < -0.4 is 10.5 Å². The lowest BCUT2D eigenvalue weighted by molar-refractivity contribution is -0.131. The lowest BCUT2D eigenvalue weighted by atomic mass is 10.2. The molecule has 0 aromatic heterocycles. The number of halogens is 2. The third-order valence-corrected chi connectivity index (χ3v) is 4.63. The Labute approximate surface area is 136 Å². The minimum Gasteiger partial charge on any atom is -0.342 e. The molecule has 0 saturated carbocycles. The first-order valence-corrected chi connectivity index (χ1v) is 7.97. The fourth-order valence-electron chi connectivity index (χ4n) is 1.57. The van der Waals surface area contributed by atoms with E-state index in [4.69, 9.17) is 5.73 Å². The minimum absolute atomic E-state index is 0. The number of benzene rings is 1. The van der Waals surface area contributed by atoms with Gasteiger partial charge in [0.05, 0.1) is 4.90 Å². The molecule has 1 rings (SSSR count). The maximum atomic E-state index is 12.8. The van der Waals surface area contributed by atoms with Crippen LogP contribution in [-0.2, 0) is 14.8 Å². The molecule has 126 valence electrons. The highest BCUT2D eigenvalue weighted by Crippen LogP contribution is 2.09. The molecular formula is C13H21ClFN3O3S. The Balaban J connectivity index is 0.00000441. The largest absolute Gasteiger partial charge is 0.342 e. The van der Waals surface area contributed by atoms with E-state index in [1.54, 1.807) is 14.0 Å². The van der Waals surface area contributed by atoms with Gasteiger partial charge in [0, 0.05) is 32.6 Å². The average Bonchev–Trinajstić information content (AvgIpc) is 2.45. The van der Waals surface area contributed by atoms with Crippen molar-refractivity contribution in [3.63, 3.8) is 0 Å². The lowest BCUT2D eigenvalue weighted by Crippen LogP contribution is -2.41. The van der Waals surface area contributed by atoms with Crippen LogP contribution in [0.5, 0.6) is 0 Å². The molecule has 1 aromatic rings. The monoisotopic (exact) mass is 353 g/mol. The van der Waals surface area contributed by atoms with E-state index in [1.807, 2.05) is 0 Å². The fourth-order valence-corrected chi connectivity index (χ4v) is 2.60. The van der Waals surface area contributed by atoms with Gasteiger partial charge in [-0.1, -0.05) is 0 Å². The van der Waals surface area contributed by atoms with Gasteiger partial charge in [-0.05, 0) is 31.2 Å². The van der Waals surface area contributed by atoms with Crippen molar-refractivity contribution in [3.8, 4) is 0 Å². The number of nitrogens with zero attached hydrogens (tertiary/aromatic N) is 1. The highest BCUT2D eigenvalue weighted by molar-refractivity contribution is 7.89. The zero-order valence-corrected chi connectivity index (χ0v) is 14.1. The molecule has 0 saturated heterocycles. The van der Waals surface area contributed by atoms with Crippen molar-refractivity contribution in [2.75, 3.05) is 20.1 Å². The van der Waals surface area contributed by atoms with E-state index in [2.05, 4.69) is 4.72 Å². The first-order valence-electron chi connectivity index (χ1n) is 6.49. The Bertz CT molecular complexity index is 581. The van der Waals surface area contributed by atoms with E-state index in [1.165, 1.54) is 17.0 Å². The predicted octanol–water partition coefficient (Wildman–Crippen LogP) is 0.722. The van der Waals surface area contributed by atoms with Crippen LogP contribution in [0.2, 0.25) is 0 Å². The average molecular weight is 354 g/mol. The molecule has 9 heteroatoms. The van der Waals surface area contributed by atoms with Gasteiger partial charge in [0.25, 0.3) is 0 Å². The Kier molecular flexibility index (Phi) is 8.54. The summed E-state index contributed by atoms with van der Waals surface area (Å²) in [5, 5.41) is 0. The SMILES string of the molecule is CC(CN)N(C)C(=O)CCNS(=O)(=O)c1ccc(F)cc1.Cl. The van der Waals surface area contributed by atoms with E-state index in [-0.39, 0.29) is 42.2 Å². The van der Waals surface area contributed by atoms with Crippen LogP contribution in [0.25, 0.3) is 0 Å². The van der Waals surface area contributed by atoms with E-state index in [0.717, 1.165) is 12.1 Å². The van der Waals surface area contributed by atoms with Crippen molar-refractivity contribution < 1.29 is 17.6 Å². The van der Waals surface area contributed by atoms with Crippen molar-refractivity contribution in [2.45, 2.75) is 24.3 Å². The number of hydrogen-bond donors (Lipinski definition) is 2. The number of rotatable bonds is 7. The number of nitrogens with one attached hydrogen (secondary N) is 1. The van der Waals surface area contributed by atoms with Gasteiger partial charge in [-0.15, -0.1) is 12.4 Å². The molecule has 1 atom stereocenters. The summed E-state index contributed by atoms with van der Waals surface area (Å²) in [5.41, 5.74) is 5.46. The molecule has 1 unspecified atom stereocenters. The summed E-state index contributed by atoms with van der Waals surface area (Å²) in [7, 11) is -2.12. The summed E-state index contributed by atoms with van der Waals surface area (Å²) in [6, 6.07) is 4.36. The highest BCUT2D eigenvalue weighted by Gasteiger charge is 2.17. The maximum Gasteiger partial charge on any atom is 0.240 e. The first kappa shape index (κ1) is 20.8. The van der Waals surface area contributed by atoms with Crippen LogP contribution in [0.15, 0.2) is 29.2 Å². The Hall–Kier alpha value is -1.22. The molecule has 6 nitrogen and oxygen atoms in total. The van der Waals surface area contributed by atoms with Crippen LogP contribution in [0.1, 0.15) is 13.3 Å². The number of carbonyl (C=O) groups is 1. The van der Waals surface area contributed by atoms with Crippen LogP contribution in [-0.4, -0.2) is 45.4 Å². The fraction of sp³-hybridized carbons (Fsp3) is 0.462. The molecule has 0 bridgehead atoms. The second kappa shape index (κ2) is 9.04. The Morgan fingerprint density at radius 3 is 2.41 bits per heavy atom. The quantitative estimate of drug-likeness (QED) is 0.755. The Morgan fingerprint density at radius 2 is 1.91 bits per heavy atom. The maximum absolute atomic E-state index is 12.8. The van der Waals surface area contributed by atoms with Gasteiger partial charge in [0.15, 0.2) is 0 Å². The van der Waals surface area contributed by atoms with Gasteiger partial charge >= 0.3 is 0 Å². The van der Waals surface area contributed by atoms with Gasteiger partial charge in [0.1, 0.15) is 5.82 Å². The minimum atomic E-state index is -3.74. The summed E-state index contributed by atoms with van der Waals surface area (Å²) in [6.45, 7) is 2.12. The summed E-state index contributed by atoms with van der Waals surface area (Å²) in [5.74, 6) is -0.712. The molecule has 0 heterocycles. The van der Waals surface area contributed by atoms with Crippen molar-refractivity contribution in [3.05, 3.63) is 30.1 Å². The van der Waals surface area contributed by atoms with Crippen molar-refractivity contribution in [1.82, 2.24) is 9.62 Å². The van der Waals surface area contributed by atoms with Crippen LogP contribution in [0, 0.1) is 5.82 Å². The van der Waals surface area contributed by atoms with Crippen LogP contribution in [0.3, 0.4) is 0 Å². The van der Waals surface area contributed by atoms with Crippen LogP contribution in [0.4, 0.5) is 4.39 Å². The highest BCUT2D eigenvalue weighted by atomic mass is 35.5. The smallest absolute Gasteiger partial charge is 0.240 e. The van der Waals surface area contributed by atoms with E-state index < -0.39 is 15.8 Å². The Morgan fingerprint density at radius 1 is 1.36 bits per heavy atom. The molecule has 0 aliphatic carbocycles. The molecule has 1 aromatic carbocycles. The van der Waals surface area contributed by atoms with Crippen LogP contribution >= 0.6 is 12.4 Å². The third-order valence-electron chi connectivity index (χ3n) is 3.15. The van der Waals surface area contributed by atoms with Crippen molar-refractivity contribution in [1.29, 1.82) is 0 Å². The lowest BCUT2D eigenvalue weighted by Gasteiger charge is -2.23. The molecule has 0 aliphatic heterocycles. The van der Waals surface area contributed by atoms with Gasteiger partial charge < -0.3 is 10.6 Å². The molecule has 0 radical (unpaired) electrons. The number of hydrogen-bond acceptors (Lipinski definition) is 4. The summed E-state index contributed by atoms with van der Waals surface area (Å²) in [6.07, 6.45) is 0.0290. The molecule has 0 fully saturated rings. The predicted molar refractivity (Wildman–Crippen MR) is 84.7 cm³/mol. The molecule has 0 spiro atoms. The normalized spacial score (nSPS) is 12.4. The topological polar surface area (TPSA) is 92.5 Å². The summed E-state index contributed by atoms with van der Waals surface area (Å²) in [4.78, 5) is 13.2. The molecule has 1 amide bonds. The second-order valence-corrected chi connectivity index (χ2v) is 6.46. The van der Waals surface area contributed by atoms with E-state index in [9.17, 15) is 17.6 Å². The zero-order chi connectivity index (χ0) is 16.0. The van der Waals surface area contributed by atoms with E-state index in [0.29, 0.717) is 6.54 Å². The van der Waals surface area contributed by atoms with Gasteiger partial charge in [-0.2, -0.15) is 0 Å². The number of sulfonamides is 1. The third kappa shape index (κ3) is 5.88. The number of nitrogens with two attached hydrogens (primary N) is 1. The second-order valence-electron chi connectivity index (χ2n) is 4.69. The molecule has 3 N–H and O–H groups in total. The summed E-state index contributed by atoms with van der Waals surface area (Å²) >= 11 is 0. The number of likely N-dealkylation sites (N-methyl/N-ethyl adjacent to an activating group) is 1. The van der Waals surface area contributed by atoms with Gasteiger partial charge in [-0.25, -0.2) is 17.5 Å². The number of amides is 1. The van der Waals surface area contributed by atoms with Crippen molar-refractivity contribution >= 4 is 28.3 Å². The number of carbonyl (C=O) groups excluding carboxylic acids is 1. The van der Waals surface area contributed by atoms with Gasteiger partial charge in [-0.3, -0.25) is 4.79 Å². The summed E-state index contributed by atoms with van der Waals surface area (Å²) < 4.78 is 38.9. The molecular weight excluding hydrogens is 333 g/mol. The van der Waals surface area contributed by atoms with Crippen molar-refractivity contribution in [2.24, 2.45) is 5.73 Å². The first-order chi connectivity index (χ1) is 9.77.